The van der Waals surface area contributed by atoms with Crippen molar-refractivity contribution in [2.75, 3.05) is 7.11 Å². The molecule has 0 radical (unpaired) electrons. The molecule has 0 saturated heterocycles. The van der Waals surface area contributed by atoms with Crippen molar-refractivity contribution in [2.45, 2.75) is 85.5 Å². The summed E-state index contributed by atoms with van der Waals surface area (Å²) in [5.41, 5.74) is 4.23. The van der Waals surface area contributed by atoms with Gasteiger partial charge < -0.3 is 4.74 Å². The second-order valence-electron chi connectivity index (χ2n) is 8.39. The second-order valence-corrected chi connectivity index (χ2v) is 8.39. The molecular formula is C20H34O2. The van der Waals surface area contributed by atoms with E-state index in [0.717, 1.165) is 18.8 Å². The van der Waals surface area contributed by atoms with Crippen LogP contribution in [0.4, 0.5) is 0 Å². The van der Waals surface area contributed by atoms with Gasteiger partial charge in [0.2, 0.25) is 0 Å². The Kier molecular flexibility index (Phi) is 5.40. The van der Waals surface area contributed by atoms with Crippen LogP contribution in [-0.2, 0) is 9.53 Å². The summed E-state index contributed by atoms with van der Waals surface area (Å²) in [4.78, 5) is 11.3. The van der Waals surface area contributed by atoms with Gasteiger partial charge in [-0.25, -0.2) is 0 Å². The molecular weight excluding hydrogens is 272 g/mol. The van der Waals surface area contributed by atoms with Gasteiger partial charge in [-0.1, -0.05) is 38.3 Å². The maximum Gasteiger partial charge on any atom is 0.305 e. The Morgan fingerprint density at radius 1 is 1.23 bits per heavy atom. The molecule has 0 aromatic carbocycles. The lowest BCUT2D eigenvalue weighted by molar-refractivity contribution is -0.140. The summed E-state index contributed by atoms with van der Waals surface area (Å²) in [5, 5.41) is 0. The number of rotatable bonds is 5. The zero-order chi connectivity index (χ0) is 16.4. The van der Waals surface area contributed by atoms with Crippen molar-refractivity contribution in [1.82, 2.24) is 0 Å². The number of allylic oxidation sites excluding steroid dienone is 2. The summed E-state index contributed by atoms with van der Waals surface area (Å²) in [5.74, 6) is 0.755. The van der Waals surface area contributed by atoms with Crippen LogP contribution in [0, 0.1) is 16.7 Å². The third-order valence-electron chi connectivity index (χ3n) is 6.53. The van der Waals surface area contributed by atoms with Crippen LogP contribution in [0.25, 0.3) is 0 Å². The SMILES string of the molecule is COC(=O)CCCCC1=C(C)CC[C@H]2C(C)(C)CCC[C@]12C. The number of methoxy groups -OCH3 is 1. The predicted octanol–water partition coefficient (Wildman–Crippen LogP) is 5.66. The molecule has 22 heavy (non-hydrogen) atoms. The van der Waals surface area contributed by atoms with Crippen LogP contribution in [0.2, 0.25) is 0 Å². The van der Waals surface area contributed by atoms with E-state index in [1.54, 1.807) is 11.1 Å². The van der Waals surface area contributed by atoms with E-state index < -0.39 is 0 Å². The Morgan fingerprint density at radius 2 is 1.95 bits per heavy atom. The molecule has 0 amide bonds. The highest BCUT2D eigenvalue weighted by molar-refractivity contribution is 5.68. The van der Waals surface area contributed by atoms with Crippen molar-refractivity contribution in [3.63, 3.8) is 0 Å². The van der Waals surface area contributed by atoms with Crippen LogP contribution >= 0.6 is 0 Å². The molecule has 2 heteroatoms. The number of unbranched alkanes of at least 4 members (excludes halogenated alkanes) is 1. The fourth-order valence-electron chi connectivity index (χ4n) is 5.36. The summed E-state index contributed by atoms with van der Waals surface area (Å²) in [6.45, 7) is 9.82. The van der Waals surface area contributed by atoms with Crippen molar-refractivity contribution in [2.24, 2.45) is 16.7 Å². The van der Waals surface area contributed by atoms with E-state index in [0.29, 0.717) is 17.3 Å². The molecule has 0 bridgehead atoms. The van der Waals surface area contributed by atoms with E-state index in [2.05, 4.69) is 27.7 Å². The number of carbonyl (C=O) groups is 1. The van der Waals surface area contributed by atoms with Gasteiger partial charge in [0, 0.05) is 6.42 Å². The zero-order valence-corrected chi connectivity index (χ0v) is 15.3. The minimum atomic E-state index is -0.0720. The van der Waals surface area contributed by atoms with Crippen LogP contribution in [-0.4, -0.2) is 13.1 Å². The molecule has 2 nitrogen and oxygen atoms in total. The minimum absolute atomic E-state index is 0.0720. The molecule has 1 saturated carbocycles. The maximum atomic E-state index is 11.3. The van der Waals surface area contributed by atoms with E-state index in [-0.39, 0.29) is 5.97 Å². The first-order valence-corrected chi connectivity index (χ1v) is 9.07. The zero-order valence-electron chi connectivity index (χ0n) is 15.3. The number of fused-ring (bicyclic) bond motifs is 1. The number of hydrogen-bond donors (Lipinski definition) is 0. The highest BCUT2D eigenvalue weighted by atomic mass is 16.5. The van der Waals surface area contributed by atoms with Crippen molar-refractivity contribution in [1.29, 1.82) is 0 Å². The molecule has 126 valence electrons. The molecule has 0 aromatic heterocycles. The fraction of sp³-hybridized carbons (Fsp3) is 0.850. The normalized spacial score (nSPS) is 30.9. The fourth-order valence-corrected chi connectivity index (χ4v) is 5.36. The lowest BCUT2D eigenvalue weighted by Crippen LogP contribution is -2.45. The summed E-state index contributed by atoms with van der Waals surface area (Å²) in [7, 11) is 1.48. The first-order chi connectivity index (χ1) is 10.3. The first-order valence-electron chi connectivity index (χ1n) is 9.07. The van der Waals surface area contributed by atoms with Crippen LogP contribution in [0.5, 0.6) is 0 Å². The molecule has 2 aliphatic carbocycles. The van der Waals surface area contributed by atoms with Gasteiger partial charge in [0.05, 0.1) is 7.11 Å². The summed E-state index contributed by atoms with van der Waals surface area (Å²) >= 11 is 0. The standard InChI is InChI=1S/C20H34O2/c1-15-11-12-17-19(2,3)13-8-14-20(17,4)16(15)9-6-7-10-18(21)22-5/h17H,6-14H2,1-5H3/t17-,20+/m0/s1. The first kappa shape index (κ1) is 17.6. The van der Waals surface area contributed by atoms with Gasteiger partial charge >= 0.3 is 5.97 Å². The van der Waals surface area contributed by atoms with Gasteiger partial charge in [0.15, 0.2) is 0 Å². The summed E-state index contributed by atoms with van der Waals surface area (Å²) < 4.78 is 4.75. The molecule has 0 aromatic rings. The molecule has 0 N–H and O–H groups in total. The number of esters is 1. The van der Waals surface area contributed by atoms with E-state index in [1.165, 1.54) is 45.6 Å². The topological polar surface area (TPSA) is 26.3 Å². The number of ether oxygens (including phenoxy) is 1. The molecule has 0 heterocycles. The van der Waals surface area contributed by atoms with Gasteiger partial charge in [-0.15, -0.1) is 0 Å². The quantitative estimate of drug-likeness (QED) is 0.372. The lowest BCUT2D eigenvalue weighted by atomic mass is 9.50. The van der Waals surface area contributed by atoms with Crippen molar-refractivity contribution < 1.29 is 9.53 Å². The Labute approximate surface area is 136 Å². The third kappa shape index (κ3) is 3.41. The highest BCUT2D eigenvalue weighted by Crippen LogP contribution is 2.60. The highest BCUT2D eigenvalue weighted by Gasteiger charge is 2.49. The van der Waals surface area contributed by atoms with Crippen molar-refractivity contribution in [3.8, 4) is 0 Å². The third-order valence-corrected chi connectivity index (χ3v) is 6.53. The van der Waals surface area contributed by atoms with E-state index in [1.807, 2.05) is 0 Å². The van der Waals surface area contributed by atoms with Gasteiger partial charge in [0.1, 0.15) is 0 Å². The number of hydrogen-bond acceptors (Lipinski definition) is 2. The minimum Gasteiger partial charge on any atom is -0.469 e. The van der Waals surface area contributed by atoms with Crippen LogP contribution in [0.1, 0.15) is 85.5 Å². The van der Waals surface area contributed by atoms with Crippen LogP contribution in [0.15, 0.2) is 11.1 Å². The average Bonchev–Trinajstić information content (AvgIpc) is 2.44. The maximum absolute atomic E-state index is 11.3. The predicted molar refractivity (Wildman–Crippen MR) is 91.6 cm³/mol. The molecule has 0 unspecified atom stereocenters. The molecule has 2 aliphatic rings. The van der Waals surface area contributed by atoms with E-state index in [9.17, 15) is 4.79 Å². The molecule has 0 aliphatic heterocycles. The lowest BCUT2D eigenvalue weighted by Gasteiger charge is -2.55. The number of carbonyl (C=O) groups excluding carboxylic acids is 1. The smallest absolute Gasteiger partial charge is 0.305 e. The molecule has 2 rings (SSSR count). The monoisotopic (exact) mass is 306 g/mol. The van der Waals surface area contributed by atoms with Crippen molar-refractivity contribution in [3.05, 3.63) is 11.1 Å². The molecule has 0 spiro atoms. The van der Waals surface area contributed by atoms with Gasteiger partial charge in [-0.05, 0) is 68.6 Å². The Balaban J connectivity index is 2.06. The van der Waals surface area contributed by atoms with E-state index in [4.69, 9.17) is 4.74 Å². The Bertz CT molecular complexity index is 447. The van der Waals surface area contributed by atoms with Gasteiger partial charge in [-0.2, -0.15) is 0 Å². The van der Waals surface area contributed by atoms with E-state index >= 15 is 0 Å². The van der Waals surface area contributed by atoms with Crippen LogP contribution in [0.3, 0.4) is 0 Å². The van der Waals surface area contributed by atoms with Crippen molar-refractivity contribution >= 4 is 5.97 Å². The van der Waals surface area contributed by atoms with Gasteiger partial charge in [-0.3, -0.25) is 4.79 Å². The molecule has 1 fully saturated rings. The summed E-state index contributed by atoms with van der Waals surface area (Å²) in [6.07, 6.45) is 10.5. The van der Waals surface area contributed by atoms with Gasteiger partial charge in [0.25, 0.3) is 0 Å². The Morgan fingerprint density at radius 3 is 2.64 bits per heavy atom. The van der Waals surface area contributed by atoms with Crippen LogP contribution < -0.4 is 0 Å². The largest absolute Gasteiger partial charge is 0.469 e. The molecule has 2 atom stereocenters. The summed E-state index contributed by atoms with van der Waals surface area (Å²) in [6, 6.07) is 0. The second kappa shape index (κ2) is 6.76. The Hall–Kier alpha value is -0.790. The average molecular weight is 306 g/mol.